The van der Waals surface area contributed by atoms with E-state index >= 15 is 0 Å². The van der Waals surface area contributed by atoms with Gasteiger partial charge in [-0.3, -0.25) is 14.5 Å². The van der Waals surface area contributed by atoms with Gasteiger partial charge in [0.25, 0.3) is 0 Å². The van der Waals surface area contributed by atoms with Crippen LogP contribution < -0.4 is 5.69 Å². The first-order valence-electron chi connectivity index (χ1n) is 10.3. The topological polar surface area (TPSA) is 53.9 Å². The number of nitrogens with zero attached hydrogens (tertiary/aromatic N) is 3. The normalized spacial score (nSPS) is 15.6. The van der Waals surface area contributed by atoms with Crippen LogP contribution in [0, 0.1) is 0 Å². The highest BCUT2D eigenvalue weighted by Crippen LogP contribution is 2.27. The molecule has 1 aliphatic rings. The van der Waals surface area contributed by atoms with Crippen LogP contribution in [0.2, 0.25) is 5.02 Å². The SMILES string of the molecule is O=c1[nH]c2cc(Cl)ccc2n1C1CCN(Cc2cc(-c3ccccc3)ccn2)CC1. The number of hydrogen-bond donors (Lipinski definition) is 1. The Hall–Kier alpha value is -2.89. The van der Waals surface area contributed by atoms with E-state index in [0.717, 1.165) is 49.2 Å². The second-order valence-corrected chi connectivity index (χ2v) is 8.31. The van der Waals surface area contributed by atoms with Crippen molar-refractivity contribution in [1.29, 1.82) is 0 Å². The first-order valence-corrected chi connectivity index (χ1v) is 10.7. The monoisotopic (exact) mass is 418 g/mol. The van der Waals surface area contributed by atoms with E-state index < -0.39 is 0 Å². The molecule has 0 amide bonds. The summed E-state index contributed by atoms with van der Waals surface area (Å²) in [6.07, 6.45) is 3.77. The summed E-state index contributed by atoms with van der Waals surface area (Å²) in [5.41, 5.74) is 5.16. The number of likely N-dealkylation sites (tertiary alicyclic amines) is 1. The van der Waals surface area contributed by atoms with Crippen LogP contribution in [0.1, 0.15) is 24.6 Å². The summed E-state index contributed by atoms with van der Waals surface area (Å²) in [4.78, 5) is 22.5. The van der Waals surface area contributed by atoms with Crippen LogP contribution in [0.25, 0.3) is 22.2 Å². The molecule has 6 heteroatoms. The van der Waals surface area contributed by atoms with Gasteiger partial charge in [0.15, 0.2) is 0 Å². The lowest BCUT2D eigenvalue weighted by atomic mass is 10.0. The van der Waals surface area contributed by atoms with Crippen molar-refractivity contribution in [3.05, 3.63) is 88.1 Å². The third-order valence-corrected chi connectivity index (χ3v) is 6.15. The van der Waals surface area contributed by atoms with Gasteiger partial charge in [0, 0.05) is 36.9 Å². The second-order valence-electron chi connectivity index (χ2n) is 7.87. The number of piperidine rings is 1. The summed E-state index contributed by atoms with van der Waals surface area (Å²) in [6, 6.07) is 20.4. The van der Waals surface area contributed by atoms with Crippen molar-refractivity contribution in [2.24, 2.45) is 0 Å². The van der Waals surface area contributed by atoms with E-state index in [9.17, 15) is 4.79 Å². The number of aromatic nitrogens is 3. The van der Waals surface area contributed by atoms with E-state index in [4.69, 9.17) is 11.6 Å². The molecule has 0 unspecified atom stereocenters. The highest BCUT2D eigenvalue weighted by molar-refractivity contribution is 6.31. The number of fused-ring (bicyclic) bond motifs is 1. The van der Waals surface area contributed by atoms with Crippen LogP contribution in [0.5, 0.6) is 0 Å². The fourth-order valence-electron chi connectivity index (χ4n) is 4.41. The molecule has 3 heterocycles. The molecule has 1 aliphatic heterocycles. The summed E-state index contributed by atoms with van der Waals surface area (Å²) in [7, 11) is 0. The Morgan fingerprint density at radius 1 is 1.00 bits per heavy atom. The Kier molecular flexibility index (Phi) is 5.15. The van der Waals surface area contributed by atoms with Gasteiger partial charge in [-0.05, 0) is 54.3 Å². The molecule has 30 heavy (non-hydrogen) atoms. The third-order valence-electron chi connectivity index (χ3n) is 5.91. The molecule has 2 aromatic heterocycles. The molecular weight excluding hydrogens is 396 g/mol. The molecule has 0 spiro atoms. The van der Waals surface area contributed by atoms with Crippen molar-refractivity contribution in [3.8, 4) is 11.1 Å². The molecular formula is C24H23ClN4O. The maximum atomic E-state index is 12.5. The maximum Gasteiger partial charge on any atom is 0.326 e. The van der Waals surface area contributed by atoms with Crippen LogP contribution in [0.3, 0.4) is 0 Å². The van der Waals surface area contributed by atoms with Gasteiger partial charge in [-0.25, -0.2) is 4.79 Å². The highest BCUT2D eigenvalue weighted by atomic mass is 35.5. The van der Waals surface area contributed by atoms with Crippen LogP contribution in [-0.4, -0.2) is 32.5 Å². The quantitative estimate of drug-likeness (QED) is 0.513. The number of pyridine rings is 1. The number of H-pyrrole nitrogens is 1. The van der Waals surface area contributed by atoms with Crippen molar-refractivity contribution in [1.82, 2.24) is 19.4 Å². The zero-order chi connectivity index (χ0) is 20.5. The largest absolute Gasteiger partial charge is 0.326 e. The highest BCUT2D eigenvalue weighted by Gasteiger charge is 2.24. The minimum atomic E-state index is -0.0528. The maximum absolute atomic E-state index is 12.5. The van der Waals surface area contributed by atoms with E-state index in [2.05, 4.69) is 51.3 Å². The summed E-state index contributed by atoms with van der Waals surface area (Å²) in [5.74, 6) is 0. The minimum Gasteiger partial charge on any atom is -0.305 e. The van der Waals surface area contributed by atoms with Gasteiger partial charge < -0.3 is 4.98 Å². The molecule has 0 saturated carbocycles. The summed E-state index contributed by atoms with van der Waals surface area (Å²) < 4.78 is 1.90. The first kappa shape index (κ1) is 19.1. The molecule has 152 valence electrons. The lowest BCUT2D eigenvalue weighted by Gasteiger charge is -2.32. The fourth-order valence-corrected chi connectivity index (χ4v) is 4.58. The van der Waals surface area contributed by atoms with Crippen LogP contribution in [0.15, 0.2) is 71.7 Å². The Labute approximate surface area is 179 Å². The van der Waals surface area contributed by atoms with Gasteiger partial charge in [-0.15, -0.1) is 0 Å². The molecule has 4 aromatic rings. The number of imidazole rings is 1. The first-order chi connectivity index (χ1) is 14.7. The molecule has 5 nitrogen and oxygen atoms in total. The number of benzene rings is 2. The van der Waals surface area contributed by atoms with Crippen LogP contribution in [0.4, 0.5) is 0 Å². The average molecular weight is 419 g/mol. The lowest BCUT2D eigenvalue weighted by molar-refractivity contribution is 0.178. The molecule has 1 fully saturated rings. The average Bonchev–Trinajstić information content (AvgIpc) is 3.10. The minimum absolute atomic E-state index is 0.0528. The molecule has 0 atom stereocenters. The molecule has 1 saturated heterocycles. The summed E-state index contributed by atoms with van der Waals surface area (Å²) in [6.45, 7) is 2.70. The zero-order valence-electron chi connectivity index (χ0n) is 16.6. The number of aromatic amines is 1. The molecule has 0 bridgehead atoms. The standard InChI is InChI=1S/C24H23ClN4O/c25-19-6-7-23-22(15-19)27-24(30)29(23)21-9-12-28(13-10-21)16-20-14-18(8-11-26-20)17-4-2-1-3-5-17/h1-8,11,14-15,21H,9-10,12-13,16H2,(H,27,30). The van der Waals surface area contributed by atoms with Gasteiger partial charge in [0.2, 0.25) is 0 Å². The van der Waals surface area contributed by atoms with E-state index in [1.54, 1.807) is 0 Å². The van der Waals surface area contributed by atoms with Crippen molar-refractivity contribution < 1.29 is 0 Å². The number of halogens is 1. The van der Waals surface area contributed by atoms with Gasteiger partial charge in [0.1, 0.15) is 0 Å². The van der Waals surface area contributed by atoms with Crippen LogP contribution >= 0.6 is 11.6 Å². The van der Waals surface area contributed by atoms with E-state index in [-0.39, 0.29) is 11.7 Å². The predicted molar refractivity (Wildman–Crippen MR) is 121 cm³/mol. The lowest BCUT2D eigenvalue weighted by Crippen LogP contribution is -2.36. The van der Waals surface area contributed by atoms with Crippen molar-refractivity contribution in [2.75, 3.05) is 13.1 Å². The fraction of sp³-hybridized carbons (Fsp3) is 0.250. The predicted octanol–water partition coefficient (Wildman–Crippen LogP) is 4.88. The molecule has 0 radical (unpaired) electrons. The second kappa shape index (κ2) is 8.09. The third kappa shape index (κ3) is 3.78. The van der Waals surface area contributed by atoms with Crippen LogP contribution in [-0.2, 0) is 6.54 Å². The Morgan fingerprint density at radius 3 is 2.60 bits per heavy atom. The van der Waals surface area contributed by atoms with Gasteiger partial charge >= 0.3 is 5.69 Å². The summed E-state index contributed by atoms with van der Waals surface area (Å²) in [5, 5.41) is 0.635. The number of rotatable bonds is 4. The Balaban J connectivity index is 1.28. The number of nitrogens with one attached hydrogen (secondary N) is 1. The zero-order valence-corrected chi connectivity index (χ0v) is 17.3. The molecule has 0 aliphatic carbocycles. The van der Waals surface area contributed by atoms with Crippen molar-refractivity contribution >= 4 is 22.6 Å². The van der Waals surface area contributed by atoms with E-state index in [1.165, 1.54) is 11.1 Å². The number of hydrogen-bond acceptors (Lipinski definition) is 3. The molecule has 5 rings (SSSR count). The van der Waals surface area contributed by atoms with E-state index in [1.807, 2.05) is 35.0 Å². The Morgan fingerprint density at radius 2 is 1.80 bits per heavy atom. The summed E-state index contributed by atoms with van der Waals surface area (Å²) >= 11 is 6.07. The van der Waals surface area contributed by atoms with Gasteiger partial charge in [-0.2, -0.15) is 0 Å². The smallest absolute Gasteiger partial charge is 0.305 e. The van der Waals surface area contributed by atoms with E-state index in [0.29, 0.717) is 5.02 Å². The van der Waals surface area contributed by atoms with Crippen molar-refractivity contribution in [3.63, 3.8) is 0 Å². The van der Waals surface area contributed by atoms with Gasteiger partial charge in [-0.1, -0.05) is 41.9 Å². The molecule has 2 aromatic carbocycles. The molecule has 1 N–H and O–H groups in total. The Bertz CT molecular complexity index is 1220. The van der Waals surface area contributed by atoms with Crippen molar-refractivity contribution in [2.45, 2.75) is 25.4 Å². The van der Waals surface area contributed by atoms with Gasteiger partial charge in [0.05, 0.1) is 16.7 Å².